The summed E-state index contributed by atoms with van der Waals surface area (Å²) in [6, 6.07) is 4.06. The Labute approximate surface area is 143 Å². The molecule has 1 N–H and O–H groups in total. The molecule has 134 valence electrons. The zero-order valence-electron chi connectivity index (χ0n) is 14.7. The predicted molar refractivity (Wildman–Crippen MR) is 89.7 cm³/mol. The second-order valence-corrected chi connectivity index (χ2v) is 6.90. The topological polar surface area (TPSA) is 63.9 Å². The SMILES string of the molecule is COCCNC(=O)[C@H]1CCC2(CCN(Cc3ccc(C)o3)CC2)O1. The van der Waals surface area contributed by atoms with E-state index in [0.717, 1.165) is 56.8 Å². The van der Waals surface area contributed by atoms with Crippen LogP contribution < -0.4 is 5.32 Å². The number of likely N-dealkylation sites (tertiary alicyclic amines) is 1. The van der Waals surface area contributed by atoms with E-state index in [4.69, 9.17) is 13.9 Å². The number of methoxy groups -OCH3 is 1. The average molecular weight is 336 g/mol. The molecule has 2 saturated heterocycles. The van der Waals surface area contributed by atoms with Gasteiger partial charge in [-0.05, 0) is 44.7 Å². The first kappa shape index (κ1) is 17.5. The molecule has 2 aliphatic heterocycles. The normalized spacial score (nSPS) is 23.7. The maximum atomic E-state index is 12.1. The number of ether oxygens (including phenoxy) is 2. The summed E-state index contributed by atoms with van der Waals surface area (Å²) in [7, 11) is 1.63. The summed E-state index contributed by atoms with van der Waals surface area (Å²) in [6.07, 6.45) is 3.45. The zero-order valence-corrected chi connectivity index (χ0v) is 14.7. The second-order valence-electron chi connectivity index (χ2n) is 6.90. The minimum atomic E-state index is -0.305. The van der Waals surface area contributed by atoms with Crippen molar-refractivity contribution < 1.29 is 18.7 Å². The van der Waals surface area contributed by atoms with Crippen LogP contribution in [0.5, 0.6) is 0 Å². The van der Waals surface area contributed by atoms with Gasteiger partial charge in [-0.15, -0.1) is 0 Å². The molecule has 0 radical (unpaired) electrons. The highest BCUT2D eigenvalue weighted by atomic mass is 16.5. The first-order chi connectivity index (χ1) is 11.6. The van der Waals surface area contributed by atoms with Gasteiger partial charge in [0, 0.05) is 26.7 Å². The number of piperidine rings is 1. The largest absolute Gasteiger partial charge is 0.465 e. The van der Waals surface area contributed by atoms with Crippen LogP contribution in [0, 0.1) is 6.92 Å². The molecular weight excluding hydrogens is 308 g/mol. The van der Waals surface area contributed by atoms with Gasteiger partial charge in [-0.2, -0.15) is 0 Å². The van der Waals surface area contributed by atoms with Crippen LogP contribution in [-0.4, -0.2) is 55.9 Å². The molecule has 6 nitrogen and oxygen atoms in total. The number of nitrogens with zero attached hydrogens (tertiary/aromatic N) is 1. The number of aryl methyl sites for hydroxylation is 1. The molecule has 3 heterocycles. The fourth-order valence-electron chi connectivity index (χ4n) is 3.67. The highest BCUT2D eigenvalue weighted by molar-refractivity contribution is 5.81. The third kappa shape index (κ3) is 4.18. The molecule has 0 saturated carbocycles. The molecule has 2 fully saturated rings. The summed E-state index contributed by atoms with van der Waals surface area (Å²) in [6.45, 7) is 5.86. The van der Waals surface area contributed by atoms with Gasteiger partial charge < -0.3 is 19.2 Å². The van der Waals surface area contributed by atoms with E-state index in [9.17, 15) is 4.79 Å². The van der Waals surface area contributed by atoms with E-state index >= 15 is 0 Å². The minimum Gasteiger partial charge on any atom is -0.465 e. The average Bonchev–Trinajstić information content (AvgIpc) is 3.17. The maximum absolute atomic E-state index is 12.1. The molecular formula is C18H28N2O4. The molecule has 1 spiro atoms. The molecule has 1 atom stereocenters. The monoisotopic (exact) mass is 336 g/mol. The highest BCUT2D eigenvalue weighted by Crippen LogP contribution is 2.39. The van der Waals surface area contributed by atoms with Gasteiger partial charge in [0.15, 0.2) is 0 Å². The lowest BCUT2D eigenvalue weighted by Gasteiger charge is -2.38. The van der Waals surface area contributed by atoms with E-state index in [1.165, 1.54) is 0 Å². The van der Waals surface area contributed by atoms with Gasteiger partial charge in [0.25, 0.3) is 0 Å². The molecule has 6 heteroatoms. The Bertz CT molecular complexity index is 549. The minimum absolute atomic E-state index is 0.00239. The van der Waals surface area contributed by atoms with Gasteiger partial charge in [-0.1, -0.05) is 0 Å². The lowest BCUT2D eigenvalue weighted by Crippen LogP contribution is -2.45. The van der Waals surface area contributed by atoms with E-state index in [1.807, 2.05) is 19.1 Å². The number of hydrogen-bond donors (Lipinski definition) is 1. The molecule has 2 aliphatic rings. The van der Waals surface area contributed by atoms with Crippen LogP contribution >= 0.6 is 0 Å². The zero-order chi connectivity index (χ0) is 17.0. The number of rotatable bonds is 6. The van der Waals surface area contributed by atoms with E-state index in [0.29, 0.717) is 13.2 Å². The van der Waals surface area contributed by atoms with Gasteiger partial charge >= 0.3 is 0 Å². The van der Waals surface area contributed by atoms with Crippen LogP contribution in [0.2, 0.25) is 0 Å². The quantitative estimate of drug-likeness (QED) is 0.804. The van der Waals surface area contributed by atoms with Crippen molar-refractivity contribution in [3.63, 3.8) is 0 Å². The Morgan fingerprint density at radius 2 is 2.17 bits per heavy atom. The Morgan fingerprint density at radius 1 is 1.38 bits per heavy atom. The summed E-state index contributed by atoms with van der Waals surface area (Å²) in [4.78, 5) is 14.5. The lowest BCUT2D eigenvalue weighted by atomic mass is 9.88. The second kappa shape index (κ2) is 7.68. The summed E-state index contributed by atoms with van der Waals surface area (Å²) in [5.74, 6) is 1.98. The van der Waals surface area contributed by atoms with Gasteiger partial charge in [0.2, 0.25) is 5.91 Å². The molecule has 1 aromatic heterocycles. The fourth-order valence-corrected chi connectivity index (χ4v) is 3.67. The van der Waals surface area contributed by atoms with Crippen LogP contribution in [0.3, 0.4) is 0 Å². The lowest BCUT2D eigenvalue weighted by molar-refractivity contribution is -0.141. The first-order valence-corrected chi connectivity index (χ1v) is 8.82. The molecule has 0 unspecified atom stereocenters. The summed E-state index contributed by atoms with van der Waals surface area (Å²) in [5, 5.41) is 2.88. The first-order valence-electron chi connectivity index (χ1n) is 8.82. The third-order valence-electron chi connectivity index (χ3n) is 5.10. The van der Waals surface area contributed by atoms with Gasteiger partial charge in [0.05, 0.1) is 18.8 Å². The Morgan fingerprint density at radius 3 is 2.83 bits per heavy atom. The summed E-state index contributed by atoms with van der Waals surface area (Å²) in [5.41, 5.74) is -0.112. The summed E-state index contributed by atoms with van der Waals surface area (Å²) < 4.78 is 16.8. The standard InChI is InChI=1S/C18H28N2O4/c1-14-3-4-15(23-14)13-20-10-7-18(8-11-20)6-5-16(24-18)17(21)19-9-12-22-2/h3-4,16H,5-13H2,1-2H3,(H,19,21)/t16-/m1/s1. The molecule has 1 amide bonds. The molecule has 1 aromatic rings. The maximum Gasteiger partial charge on any atom is 0.249 e. The van der Waals surface area contributed by atoms with Crippen LogP contribution in [0.25, 0.3) is 0 Å². The van der Waals surface area contributed by atoms with E-state index in [-0.39, 0.29) is 17.6 Å². The fraction of sp³-hybridized carbons (Fsp3) is 0.722. The predicted octanol–water partition coefficient (Wildman–Crippen LogP) is 1.86. The van der Waals surface area contributed by atoms with Crippen molar-refractivity contribution in [2.24, 2.45) is 0 Å². The number of nitrogens with one attached hydrogen (secondary N) is 1. The van der Waals surface area contributed by atoms with Crippen molar-refractivity contribution in [3.8, 4) is 0 Å². The van der Waals surface area contributed by atoms with Crippen LogP contribution in [0.1, 0.15) is 37.2 Å². The van der Waals surface area contributed by atoms with Crippen LogP contribution in [0.4, 0.5) is 0 Å². The number of furan rings is 1. The van der Waals surface area contributed by atoms with Crippen molar-refractivity contribution in [2.45, 2.75) is 50.9 Å². The Balaban J connectivity index is 1.45. The molecule has 0 aliphatic carbocycles. The van der Waals surface area contributed by atoms with E-state index in [1.54, 1.807) is 7.11 Å². The van der Waals surface area contributed by atoms with Crippen LogP contribution in [-0.2, 0) is 20.8 Å². The van der Waals surface area contributed by atoms with E-state index in [2.05, 4.69) is 10.2 Å². The number of hydrogen-bond acceptors (Lipinski definition) is 5. The van der Waals surface area contributed by atoms with E-state index < -0.39 is 0 Å². The Kier molecular flexibility index (Phi) is 5.58. The highest BCUT2D eigenvalue weighted by Gasteiger charge is 2.44. The van der Waals surface area contributed by atoms with Crippen molar-refractivity contribution in [1.82, 2.24) is 10.2 Å². The van der Waals surface area contributed by atoms with Crippen LogP contribution in [0.15, 0.2) is 16.5 Å². The van der Waals surface area contributed by atoms with Crippen molar-refractivity contribution in [3.05, 3.63) is 23.7 Å². The van der Waals surface area contributed by atoms with Gasteiger partial charge in [-0.3, -0.25) is 9.69 Å². The number of amides is 1. The van der Waals surface area contributed by atoms with Crippen molar-refractivity contribution >= 4 is 5.91 Å². The molecule has 0 aromatic carbocycles. The van der Waals surface area contributed by atoms with Gasteiger partial charge in [0.1, 0.15) is 17.6 Å². The molecule has 0 bridgehead atoms. The number of carbonyl (C=O) groups excluding carboxylic acids is 1. The Hall–Kier alpha value is -1.37. The van der Waals surface area contributed by atoms with Crippen molar-refractivity contribution in [1.29, 1.82) is 0 Å². The summed E-state index contributed by atoms with van der Waals surface area (Å²) >= 11 is 0. The molecule has 24 heavy (non-hydrogen) atoms. The molecule has 3 rings (SSSR count). The third-order valence-corrected chi connectivity index (χ3v) is 5.10. The van der Waals surface area contributed by atoms with Crippen molar-refractivity contribution in [2.75, 3.05) is 33.4 Å². The van der Waals surface area contributed by atoms with Gasteiger partial charge in [-0.25, -0.2) is 0 Å². The smallest absolute Gasteiger partial charge is 0.249 e. The number of carbonyl (C=O) groups is 1.